The largest absolute Gasteiger partial charge is 0.376 e. The van der Waals surface area contributed by atoms with Crippen molar-refractivity contribution < 1.29 is 13.9 Å². The summed E-state index contributed by atoms with van der Waals surface area (Å²) in [5.74, 6) is -1.18. The fraction of sp³-hybridized carbons (Fsp3) is 0.462. The summed E-state index contributed by atoms with van der Waals surface area (Å²) in [7, 11) is 0. The standard InChI is InChI=1S/C13H18FN3O2/c1-2-19-11-6-9(15)12(11)17-10-4-3-7(13(16)18)5-8(10)14/h3-5,9,11-12,17H,2,6,15H2,1H3,(H2,16,18). The average molecular weight is 267 g/mol. The van der Waals surface area contributed by atoms with Gasteiger partial charge in [0.05, 0.1) is 17.8 Å². The normalized spacial score (nSPS) is 25.7. The first-order valence-corrected chi connectivity index (χ1v) is 6.26. The van der Waals surface area contributed by atoms with Crippen molar-refractivity contribution in [1.29, 1.82) is 0 Å². The van der Waals surface area contributed by atoms with Crippen LogP contribution in [0.15, 0.2) is 18.2 Å². The lowest BCUT2D eigenvalue weighted by atomic mass is 9.83. The highest BCUT2D eigenvalue weighted by Gasteiger charge is 2.39. The SMILES string of the molecule is CCOC1CC(N)C1Nc1ccc(C(N)=O)cc1F. The average Bonchev–Trinajstić information content (AvgIpc) is 2.36. The highest BCUT2D eigenvalue weighted by atomic mass is 19.1. The van der Waals surface area contributed by atoms with Gasteiger partial charge in [-0.2, -0.15) is 0 Å². The summed E-state index contributed by atoms with van der Waals surface area (Å²) in [6, 6.07) is 3.90. The third-order valence-electron chi connectivity index (χ3n) is 3.32. The molecule has 3 unspecified atom stereocenters. The number of nitrogens with one attached hydrogen (secondary N) is 1. The number of carbonyl (C=O) groups excluding carboxylic acids is 1. The number of carbonyl (C=O) groups is 1. The van der Waals surface area contributed by atoms with E-state index in [1.54, 1.807) is 0 Å². The molecule has 6 heteroatoms. The Morgan fingerprint density at radius 2 is 2.32 bits per heavy atom. The van der Waals surface area contributed by atoms with Gasteiger partial charge in [-0.05, 0) is 31.5 Å². The second kappa shape index (κ2) is 5.54. The molecule has 1 aromatic carbocycles. The molecule has 2 rings (SSSR count). The second-order valence-electron chi connectivity index (χ2n) is 4.62. The van der Waals surface area contributed by atoms with E-state index in [4.69, 9.17) is 16.2 Å². The number of ether oxygens (including phenoxy) is 1. The molecule has 19 heavy (non-hydrogen) atoms. The van der Waals surface area contributed by atoms with Gasteiger partial charge in [0.2, 0.25) is 5.91 Å². The minimum Gasteiger partial charge on any atom is -0.376 e. The summed E-state index contributed by atoms with van der Waals surface area (Å²) < 4.78 is 19.3. The summed E-state index contributed by atoms with van der Waals surface area (Å²) in [6.07, 6.45) is 0.752. The first-order chi connectivity index (χ1) is 9.02. The Morgan fingerprint density at radius 1 is 1.58 bits per heavy atom. The number of amides is 1. The van der Waals surface area contributed by atoms with Crippen molar-refractivity contribution in [3.8, 4) is 0 Å². The van der Waals surface area contributed by atoms with Crippen LogP contribution in [-0.2, 0) is 4.74 Å². The summed E-state index contributed by atoms with van der Waals surface area (Å²) in [6.45, 7) is 2.50. The molecule has 1 aliphatic rings. The Kier molecular flexibility index (Phi) is 4.01. The van der Waals surface area contributed by atoms with E-state index in [9.17, 15) is 9.18 Å². The lowest BCUT2D eigenvalue weighted by Gasteiger charge is -2.43. The molecule has 0 radical (unpaired) electrons. The van der Waals surface area contributed by atoms with Crippen LogP contribution in [0.25, 0.3) is 0 Å². The predicted molar refractivity (Wildman–Crippen MR) is 70.3 cm³/mol. The Hall–Kier alpha value is -1.66. The Balaban J connectivity index is 2.08. The Bertz CT molecular complexity index is 479. The maximum absolute atomic E-state index is 13.8. The van der Waals surface area contributed by atoms with E-state index < -0.39 is 11.7 Å². The molecule has 0 saturated heterocycles. The van der Waals surface area contributed by atoms with Crippen molar-refractivity contribution >= 4 is 11.6 Å². The van der Waals surface area contributed by atoms with Crippen molar-refractivity contribution in [2.24, 2.45) is 11.5 Å². The number of primary amides is 1. The van der Waals surface area contributed by atoms with Gasteiger partial charge in [-0.1, -0.05) is 0 Å². The molecular weight excluding hydrogens is 249 g/mol. The van der Waals surface area contributed by atoms with Crippen LogP contribution in [0.3, 0.4) is 0 Å². The summed E-state index contributed by atoms with van der Waals surface area (Å²) >= 11 is 0. The predicted octanol–water partition coefficient (Wildman–Crippen LogP) is 0.841. The number of hydrogen-bond donors (Lipinski definition) is 3. The zero-order valence-electron chi connectivity index (χ0n) is 10.7. The van der Waals surface area contributed by atoms with Gasteiger partial charge in [0.15, 0.2) is 0 Å². The third-order valence-corrected chi connectivity index (χ3v) is 3.32. The molecule has 0 heterocycles. The van der Waals surface area contributed by atoms with Crippen molar-refractivity contribution in [2.45, 2.75) is 31.5 Å². The van der Waals surface area contributed by atoms with Crippen molar-refractivity contribution in [1.82, 2.24) is 0 Å². The lowest BCUT2D eigenvalue weighted by Crippen LogP contribution is -2.60. The van der Waals surface area contributed by atoms with E-state index in [1.165, 1.54) is 12.1 Å². The Morgan fingerprint density at radius 3 is 2.84 bits per heavy atom. The van der Waals surface area contributed by atoms with E-state index in [2.05, 4.69) is 5.32 Å². The summed E-state index contributed by atoms with van der Waals surface area (Å²) in [5, 5.41) is 3.02. The molecule has 1 aliphatic carbocycles. The van der Waals surface area contributed by atoms with Crippen LogP contribution in [0.5, 0.6) is 0 Å². The van der Waals surface area contributed by atoms with E-state index in [0.717, 1.165) is 12.5 Å². The van der Waals surface area contributed by atoms with Crippen LogP contribution in [0.2, 0.25) is 0 Å². The van der Waals surface area contributed by atoms with E-state index in [0.29, 0.717) is 12.3 Å². The second-order valence-corrected chi connectivity index (χ2v) is 4.62. The van der Waals surface area contributed by atoms with E-state index in [1.807, 2.05) is 6.92 Å². The molecule has 0 spiro atoms. The van der Waals surface area contributed by atoms with Crippen LogP contribution in [0.1, 0.15) is 23.7 Å². The number of anilines is 1. The van der Waals surface area contributed by atoms with Crippen molar-refractivity contribution in [3.63, 3.8) is 0 Å². The van der Waals surface area contributed by atoms with Gasteiger partial charge >= 0.3 is 0 Å². The quantitative estimate of drug-likeness (QED) is 0.737. The molecule has 3 atom stereocenters. The number of nitrogens with two attached hydrogens (primary N) is 2. The zero-order chi connectivity index (χ0) is 14.0. The zero-order valence-corrected chi connectivity index (χ0v) is 10.7. The monoisotopic (exact) mass is 267 g/mol. The molecule has 104 valence electrons. The first-order valence-electron chi connectivity index (χ1n) is 6.26. The van der Waals surface area contributed by atoms with Crippen LogP contribution in [0.4, 0.5) is 10.1 Å². The van der Waals surface area contributed by atoms with Gasteiger partial charge in [-0.15, -0.1) is 0 Å². The van der Waals surface area contributed by atoms with Crippen molar-refractivity contribution in [3.05, 3.63) is 29.6 Å². The highest BCUT2D eigenvalue weighted by Crippen LogP contribution is 2.27. The van der Waals surface area contributed by atoms with Crippen LogP contribution < -0.4 is 16.8 Å². The molecule has 1 amide bonds. The van der Waals surface area contributed by atoms with Gasteiger partial charge < -0.3 is 21.5 Å². The van der Waals surface area contributed by atoms with Gasteiger partial charge in [0, 0.05) is 18.2 Å². The number of rotatable bonds is 5. The van der Waals surface area contributed by atoms with Crippen molar-refractivity contribution in [2.75, 3.05) is 11.9 Å². The van der Waals surface area contributed by atoms with Crippen LogP contribution >= 0.6 is 0 Å². The highest BCUT2D eigenvalue weighted by molar-refractivity contribution is 5.93. The number of benzene rings is 1. The molecule has 1 saturated carbocycles. The van der Waals surface area contributed by atoms with Gasteiger partial charge in [-0.3, -0.25) is 4.79 Å². The third kappa shape index (κ3) is 2.85. The summed E-state index contributed by atoms with van der Waals surface area (Å²) in [5.41, 5.74) is 11.4. The number of hydrogen-bond acceptors (Lipinski definition) is 4. The molecule has 5 N–H and O–H groups in total. The molecule has 5 nitrogen and oxygen atoms in total. The van der Waals surface area contributed by atoms with Gasteiger partial charge in [0.25, 0.3) is 0 Å². The van der Waals surface area contributed by atoms with Crippen LogP contribution in [0, 0.1) is 5.82 Å². The minimum absolute atomic E-state index is 0.00443. The molecule has 1 fully saturated rings. The minimum atomic E-state index is -0.655. The molecular formula is C13H18FN3O2. The maximum Gasteiger partial charge on any atom is 0.248 e. The first kappa shape index (κ1) is 13.8. The van der Waals surface area contributed by atoms with E-state index in [-0.39, 0.29) is 23.8 Å². The lowest BCUT2D eigenvalue weighted by molar-refractivity contribution is -0.0126. The van der Waals surface area contributed by atoms with E-state index >= 15 is 0 Å². The summed E-state index contributed by atoms with van der Waals surface area (Å²) in [4.78, 5) is 10.9. The Labute approximate surface area is 111 Å². The topological polar surface area (TPSA) is 90.4 Å². The van der Waals surface area contributed by atoms with Gasteiger partial charge in [0.1, 0.15) is 5.82 Å². The molecule has 0 bridgehead atoms. The fourth-order valence-corrected chi connectivity index (χ4v) is 2.19. The van der Waals surface area contributed by atoms with Gasteiger partial charge in [-0.25, -0.2) is 4.39 Å². The molecule has 0 aromatic heterocycles. The smallest absolute Gasteiger partial charge is 0.248 e. The molecule has 1 aromatic rings. The maximum atomic E-state index is 13.8. The molecule has 0 aliphatic heterocycles. The fourth-order valence-electron chi connectivity index (χ4n) is 2.19. The number of halogens is 1. The van der Waals surface area contributed by atoms with Crippen LogP contribution in [-0.4, -0.2) is 30.7 Å².